The quantitative estimate of drug-likeness (QED) is 0.644. The van der Waals surface area contributed by atoms with E-state index in [0.717, 1.165) is 6.42 Å². The van der Waals surface area contributed by atoms with E-state index >= 15 is 0 Å². The highest BCUT2D eigenvalue weighted by Crippen LogP contribution is 2.34. The molecule has 1 rings (SSSR count). The third kappa shape index (κ3) is 2.12. The molecule has 1 saturated heterocycles. The van der Waals surface area contributed by atoms with Gasteiger partial charge >= 0.3 is 6.09 Å². The van der Waals surface area contributed by atoms with Crippen molar-refractivity contribution in [1.82, 2.24) is 4.90 Å². The zero-order chi connectivity index (χ0) is 10.1. The summed E-state index contributed by atoms with van der Waals surface area (Å²) >= 11 is 0. The molecule has 0 aromatic rings. The summed E-state index contributed by atoms with van der Waals surface area (Å²) in [5.74, 6) is 0.225. The van der Waals surface area contributed by atoms with E-state index in [1.165, 1.54) is 4.90 Å². The molecule has 0 aromatic carbocycles. The summed E-state index contributed by atoms with van der Waals surface area (Å²) in [5, 5.41) is 17.9. The number of rotatable bonds is 1. The van der Waals surface area contributed by atoms with Crippen LogP contribution in [0.1, 0.15) is 20.3 Å². The van der Waals surface area contributed by atoms with Gasteiger partial charge in [-0.15, -0.1) is 0 Å². The Balaban J connectivity index is 2.64. The van der Waals surface area contributed by atoms with E-state index in [1.807, 2.05) is 13.8 Å². The van der Waals surface area contributed by atoms with Gasteiger partial charge in [0.15, 0.2) is 0 Å². The molecule has 4 nitrogen and oxygen atoms in total. The van der Waals surface area contributed by atoms with Gasteiger partial charge in [0.1, 0.15) is 0 Å². The fraction of sp³-hybridized carbons (Fsp3) is 0.889. The number of piperidine rings is 1. The van der Waals surface area contributed by atoms with Crippen LogP contribution in [0.2, 0.25) is 0 Å². The molecule has 2 N–H and O–H groups in total. The maximum absolute atomic E-state index is 10.7. The molecule has 0 aromatic heterocycles. The first-order chi connectivity index (χ1) is 5.97. The summed E-state index contributed by atoms with van der Waals surface area (Å²) in [7, 11) is 0. The molecule has 1 unspecified atom stereocenters. The molecule has 1 aliphatic heterocycles. The molecule has 13 heavy (non-hydrogen) atoms. The molecule has 1 amide bonds. The fourth-order valence-electron chi connectivity index (χ4n) is 1.90. The van der Waals surface area contributed by atoms with Crippen LogP contribution in [0.25, 0.3) is 0 Å². The number of hydrogen-bond acceptors (Lipinski definition) is 2. The predicted molar refractivity (Wildman–Crippen MR) is 48.6 cm³/mol. The Bertz CT molecular complexity index is 203. The van der Waals surface area contributed by atoms with Crippen LogP contribution >= 0.6 is 0 Å². The monoisotopic (exact) mass is 187 g/mol. The van der Waals surface area contributed by atoms with Crippen molar-refractivity contribution in [3.63, 3.8) is 0 Å². The van der Waals surface area contributed by atoms with Gasteiger partial charge in [-0.25, -0.2) is 4.79 Å². The number of nitrogens with zero attached hydrogens (tertiary/aromatic N) is 1. The summed E-state index contributed by atoms with van der Waals surface area (Å²) < 4.78 is 0. The summed E-state index contributed by atoms with van der Waals surface area (Å²) in [4.78, 5) is 12.1. The third-order valence-electron chi connectivity index (χ3n) is 2.94. The minimum Gasteiger partial charge on any atom is -0.465 e. The zero-order valence-corrected chi connectivity index (χ0v) is 8.16. The standard InChI is InChI=1S/C9H17NO3/c1-9(2)6-10(8(12)13)4-3-7(9)5-11/h7,11H,3-6H2,1-2H3,(H,12,13). The van der Waals surface area contributed by atoms with Crippen molar-refractivity contribution in [2.24, 2.45) is 11.3 Å². The minimum atomic E-state index is -0.857. The van der Waals surface area contributed by atoms with Crippen LogP contribution in [-0.4, -0.2) is 40.9 Å². The second kappa shape index (κ2) is 3.54. The van der Waals surface area contributed by atoms with Gasteiger partial charge in [-0.05, 0) is 17.8 Å². The molecule has 4 heteroatoms. The Hall–Kier alpha value is -0.770. The van der Waals surface area contributed by atoms with Crippen molar-refractivity contribution in [3.05, 3.63) is 0 Å². The maximum Gasteiger partial charge on any atom is 0.407 e. The molecular formula is C9H17NO3. The largest absolute Gasteiger partial charge is 0.465 e. The van der Waals surface area contributed by atoms with Gasteiger partial charge in [-0.1, -0.05) is 13.8 Å². The van der Waals surface area contributed by atoms with Crippen LogP contribution in [0, 0.1) is 11.3 Å². The highest BCUT2D eigenvalue weighted by Gasteiger charge is 2.36. The number of aliphatic hydroxyl groups excluding tert-OH is 1. The number of aliphatic hydroxyl groups is 1. The van der Waals surface area contributed by atoms with Gasteiger partial charge in [0, 0.05) is 19.7 Å². The topological polar surface area (TPSA) is 60.8 Å². The van der Waals surface area contributed by atoms with Gasteiger partial charge in [0.05, 0.1) is 0 Å². The molecule has 1 fully saturated rings. The summed E-state index contributed by atoms with van der Waals surface area (Å²) in [6, 6.07) is 0. The van der Waals surface area contributed by atoms with E-state index in [2.05, 4.69) is 0 Å². The van der Waals surface area contributed by atoms with Crippen molar-refractivity contribution < 1.29 is 15.0 Å². The smallest absolute Gasteiger partial charge is 0.407 e. The molecule has 1 atom stereocenters. The van der Waals surface area contributed by atoms with Crippen LogP contribution in [0.4, 0.5) is 4.79 Å². The number of amides is 1. The lowest BCUT2D eigenvalue weighted by Gasteiger charge is -2.42. The van der Waals surface area contributed by atoms with Crippen molar-refractivity contribution >= 4 is 6.09 Å². The average molecular weight is 187 g/mol. The molecule has 76 valence electrons. The maximum atomic E-state index is 10.7. The zero-order valence-electron chi connectivity index (χ0n) is 8.16. The summed E-state index contributed by atoms with van der Waals surface area (Å²) in [5.41, 5.74) is -0.106. The molecule has 0 bridgehead atoms. The van der Waals surface area contributed by atoms with Crippen LogP contribution in [0.15, 0.2) is 0 Å². The van der Waals surface area contributed by atoms with Crippen molar-refractivity contribution in [3.8, 4) is 0 Å². The molecule has 0 spiro atoms. The molecule has 0 radical (unpaired) electrons. The lowest BCUT2D eigenvalue weighted by atomic mass is 9.74. The predicted octanol–water partition coefficient (Wildman–Crippen LogP) is 1.00. The van der Waals surface area contributed by atoms with E-state index in [1.54, 1.807) is 0 Å². The van der Waals surface area contributed by atoms with E-state index in [9.17, 15) is 4.79 Å². The number of likely N-dealkylation sites (tertiary alicyclic amines) is 1. The first-order valence-electron chi connectivity index (χ1n) is 4.56. The fourth-order valence-corrected chi connectivity index (χ4v) is 1.90. The van der Waals surface area contributed by atoms with E-state index in [0.29, 0.717) is 13.1 Å². The molecule has 1 heterocycles. The van der Waals surface area contributed by atoms with Crippen LogP contribution in [0.5, 0.6) is 0 Å². The Labute approximate surface area is 78.2 Å². The number of carboxylic acid groups (broad SMARTS) is 1. The van der Waals surface area contributed by atoms with E-state index in [4.69, 9.17) is 10.2 Å². The molecular weight excluding hydrogens is 170 g/mol. The molecule has 0 aliphatic carbocycles. The second-order valence-electron chi connectivity index (χ2n) is 4.36. The van der Waals surface area contributed by atoms with Crippen molar-refractivity contribution in [2.45, 2.75) is 20.3 Å². The average Bonchev–Trinajstić information content (AvgIpc) is 2.02. The first-order valence-corrected chi connectivity index (χ1v) is 4.56. The molecule has 0 saturated carbocycles. The Kier molecular flexibility index (Phi) is 2.81. The molecule has 1 aliphatic rings. The Morgan fingerprint density at radius 2 is 2.23 bits per heavy atom. The van der Waals surface area contributed by atoms with Gasteiger partial charge < -0.3 is 15.1 Å². The third-order valence-corrected chi connectivity index (χ3v) is 2.94. The Morgan fingerprint density at radius 3 is 2.62 bits per heavy atom. The number of carbonyl (C=O) groups is 1. The lowest BCUT2D eigenvalue weighted by Crippen LogP contribution is -2.48. The van der Waals surface area contributed by atoms with Crippen LogP contribution < -0.4 is 0 Å². The lowest BCUT2D eigenvalue weighted by molar-refractivity contribution is 0.0246. The van der Waals surface area contributed by atoms with E-state index in [-0.39, 0.29) is 17.9 Å². The van der Waals surface area contributed by atoms with Crippen LogP contribution in [0.3, 0.4) is 0 Å². The van der Waals surface area contributed by atoms with Gasteiger partial charge in [0.25, 0.3) is 0 Å². The van der Waals surface area contributed by atoms with Gasteiger partial charge in [0.2, 0.25) is 0 Å². The van der Waals surface area contributed by atoms with Crippen LogP contribution in [-0.2, 0) is 0 Å². The second-order valence-corrected chi connectivity index (χ2v) is 4.36. The summed E-state index contributed by atoms with van der Waals surface area (Å²) in [6.07, 6.45) is -0.0973. The number of hydrogen-bond donors (Lipinski definition) is 2. The van der Waals surface area contributed by atoms with Gasteiger partial charge in [-0.2, -0.15) is 0 Å². The summed E-state index contributed by atoms with van der Waals surface area (Å²) in [6.45, 7) is 5.23. The highest BCUT2D eigenvalue weighted by molar-refractivity contribution is 5.65. The highest BCUT2D eigenvalue weighted by atomic mass is 16.4. The SMILES string of the molecule is CC1(C)CN(C(=O)O)CCC1CO. The normalized spacial score (nSPS) is 27.3. The minimum absolute atomic E-state index is 0.106. The van der Waals surface area contributed by atoms with Gasteiger partial charge in [-0.3, -0.25) is 0 Å². The van der Waals surface area contributed by atoms with E-state index < -0.39 is 6.09 Å². The van der Waals surface area contributed by atoms with Crippen molar-refractivity contribution in [2.75, 3.05) is 19.7 Å². The Morgan fingerprint density at radius 1 is 1.62 bits per heavy atom. The first kappa shape index (κ1) is 10.3. The van der Waals surface area contributed by atoms with Crippen molar-refractivity contribution in [1.29, 1.82) is 0 Å².